The van der Waals surface area contributed by atoms with E-state index in [9.17, 15) is 9.90 Å². The lowest BCUT2D eigenvalue weighted by atomic mass is 9.87. The van der Waals surface area contributed by atoms with Gasteiger partial charge >= 0.3 is 5.97 Å². The summed E-state index contributed by atoms with van der Waals surface area (Å²) in [7, 11) is 3.16. The molecule has 5 nitrogen and oxygen atoms in total. The van der Waals surface area contributed by atoms with Crippen LogP contribution in [0.4, 0.5) is 0 Å². The molecule has 0 radical (unpaired) electrons. The summed E-state index contributed by atoms with van der Waals surface area (Å²) in [6.45, 7) is 6.37. The number of carboxylic acid groups (broad SMARTS) is 1. The highest BCUT2D eigenvalue weighted by molar-refractivity contribution is 5.78. The first kappa shape index (κ1) is 15.3. The molecule has 0 aliphatic rings. The molecule has 16 heavy (non-hydrogen) atoms. The van der Waals surface area contributed by atoms with Crippen LogP contribution in [-0.4, -0.2) is 49.6 Å². The molecule has 0 amide bonds. The Balaban J connectivity index is 4.51. The van der Waals surface area contributed by atoms with Gasteiger partial charge in [-0.15, -0.1) is 0 Å². The van der Waals surface area contributed by atoms with Crippen molar-refractivity contribution < 1.29 is 19.4 Å². The zero-order valence-electron chi connectivity index (χ0n) is 10.8. The number of carbonyl (C=O) groups is 1. The van der Waals surface area contributed by atoms with E-state index in [1.165, 1.54) is 0 Å². The van der Waals surface area contributed by atoms with E-state index in [-0.39, 0.29) is 0 Å². The van der Waals surface area contributed by atoms with Crippen LogP contribution in [0.2, 0.25) is 0 Å². The number of rotatable bonds is 8. The van der Waals surface area contributed by atoms with E-state index in [1.807, 2.05) is 13.8 Å². The van der Waals surface area contributed by atoms with E-state index in [2.05, 4.69) is 5.32 Å². The molecule has 0 spiro atoms. The van der Waals surface area contributed by atoms with E-state index in [0.717, 1.165) is 0 Å². The van der Waals surface area contributed by atoms with Crippen molar-refractivity contribution in [1.82, 2.24) is 5.32 Å². The van der Waals surface area contributed by atoms with Gasteiger partial charge in [0.2, 0.25) is 0 Å². The van der Waals surface area contributed by atoms with Crippen molar-refractivity contribution >= 4 is 5.97 Å². The van der Waals surface area contributed by atoms with Gasteiger partial charge in [-0.05, 0) is 20.8 Å². The minimum absolute atomic E-state index is 0.384. The summed E-state index contributed by atoms with van der Waals surface area (Å²) in [5.74, 6) is -0.881. The van der Waals surface area contributed by atoms with E-state index in [4.69, 9.17) is 9.47 Å². The predicted octanol–water partition coefficient (Wildman–Crippen LogP) is 0.881. The first-order chi connectivity index (χ1) is 7.27. The Morgan fingerprint density at radius 3 is 2.25 bits per heavy atom. The Labute approximate surface area is 97.1 Å². The standard InChI is InChI=1S/C11H23NO4/c1-10(2,16-5)8-11(3,9(13)14)12-6-7-15-4/h12H,6-8H2,1-5H3,(H,13,14). The van der Waals surface area contributed by atoms with Crippen molar-refractivity contribution in [3.63, 3.8) is 0 Å². The fraction of sp³-hybridized carbons (Fsp3) is 0.909. The first-order valence-corrected chi connectivity index (χ1v) is 5.30. The summed E-state index contributed by atoms with van der Waals surface area (Å²) >= 11 is 0. The number of hydrogen-bond donors (Lipinski definition) is 2. The van der Waals surface area contributed by atoms with Crippen LogP contribution in [0.5, 0.6) is 0 Å². The van der Waals surface area contributed by atoms with Gasteiger partial charge in [0.05, 0.1) is 12.2 Å². The van der Waals surface area contributed by atoms with Crippen molar-refractivity contribution in [2.45, 2.75) is 38.3 Å². The SMILES string of the molecule is COCCNC(C)(CC(C)(C)OC)C(=O)O. The van der Waals surface area contributed by atoms with Gasteiger partial charge in [-0.1, -0.05) is 0 Å². The zero-order valence-corrected chi connectivity index (χ0v) is 10.8. The number of hydrogen-bond acceptors (Lipinski definition) is 4. The van der Waals surface area contributed by atoms with Crippen LogP contribution in [-0.2, 0) is 14.3 Å². The maximum atomic E-state index is 11.3. The van der Waals surface area contributed by atoms with Crippen LogP contribution < -0.4 is 5.32 Å². The van der Waals surface area contributed by atoms with Crippen molar-refractivity contribution in [2.24, 2.45) is 0 Å². The van der Waals surface area contributed by atoms with Crippen LogP contribution in [0.1, 0.15) is 27.2 Å². The highest BCUT2D eigenvalue weighted by atomic mass is 16.5. The third-order valence-corrected chi connectivity index (χ3v) is 2.63. The monoisotopic (exact) mass is 233 g/mol. The minimum Gasteiger partial charge on any atom is -0.480 e. The average molecular weight is 233 g/mol. The second-order valence-electron chi connectivity index (χ2n) is 4.70. The molecule has 0 fully saturated rings. The fourth-order valence-corrected chi connectivity index (χ4v) is 1.57. The molecular formula is C11H23NO4. The molecule has 1 unspecified atom stereocenters. The molecule has 1 atom stereocenters. The number of nitrogens with one attached hydrogen (secondary N) is 1. The van der Waals surface area contributed by atoms with Gasteiger partial charge in [0.1, 0.15) is 5.54 Å². The Morgan fingerprint density at radius 2 is 1.88 bits per heavy atom. The normalized spacial score (nSPS) is 15.8. The summed E-state index contributed by atoms with van der Waals surface area (Å²) in [6.07, 6.45) is 0.384. The molecule has 0 rings (SSSR count). The Morgan fingerprint density at radius 1 is 1.31 bits per heavy atom. The van der Waals surface area contributed by atoms with Gasteiger partial charge < -0.3 is 14.6 Å². The van der Waals surface area contributed by atoms with E-state index < -0.39 is 17.1 Å². The molecule has 0 aromatic rings. The third kappa shape index (κ3) is 4.92. The van der Waals surface area contributed by atoms with Crippen LogP contribution in [0, 0.1) is 0 Å². The molecule has 0 saturated carbocycles. The lowest BCUT2D eigenvalue weighted by Gasteiger charge is -2.34. The highest BCUT2D eigenvalue weighted by Crippen LogP contribution is 2.23. The van der Waals surface area contributed by atoms with Gasteiger partial charge in [0, 0.05) is 27.2 Å². The van der Waals surface area contributed by atoms with Crippen molar-refractivity contribution in [3.8, 4) is 0 Å². The lowest BCUT2D eigenvalue weighted by Crippen LogP contribution is -2.54. The zero-order chi connectivity index (χ0) is 12.8. The molecule has 5 heteroatoms. The lowest BCUT2D eigenvalue weighted by molar-refractivity contribution is -0.147. The van der Waals surface area contributed by atoms with Gasteiger partial charge in [0.15, 0.2) is 0 Å². The number of aliphatic carboxylic acids is 1. The molecule has 0 aliphatic carbocycles. The minimum atomic E-state index is -1.00. The number of ether oxygens (including phenoxy) is 2. The molecule has 0 heterocycles. The highest BCUT2D eigenvalue weighted by Gasteiger charge is 2.38. The molecule has 0 bridgehead atoms. The molecule has 0 aliphatic heterocycles. The van der Waals surface area contributed by atoms with E-state index in [1.54, 1.807) is 21.1 Å². The molecule has 0 aromatic carbocycles. The second kappa shape index (κ2) is 6.18. The van der Waals surface area contributed by atoms with Crippen LogP contribution in [0.15, 0.2) is 0 Å². The van der Waals surface area contributed by atoms with Gasteiger partial charge in [-0.25, -0.2) is 0 Å². The van der Waals surface area contributed by atoms with E-state index in [0.29, 0.717) is 19.6 Å². The summed E-state index contributed by atoms with van der Waals surface area (Å²) in [5, 5.41) is 12.2. The van der Waals surface area contributed by atoms with Crippen LogP contribution >= 0.6 is 0 Å². The maximum absolute atomic E-state index is 11.3. The molecule has 0 aromatic heterocycles. The molecule has 0 saturated heterocycles. The first-order valence-electron chi connectivity index (χ1n) is 5.30. The smallest absolute Gasteiger partial charge is 0.323 e. The summed E-state index contributed by atoms with van der Waals surface area (Å²) in [4.78, 5) is 11.3. The molecular weight excluding hydrogens is 210 g/mol. The average Bonchev–Trinajstić information content (AvgIpc) is 2.17. The predicted molar refractivity (Wildman–Crippen MR) is 61.6 cm³/mol. The Bertz CT molecular complexity index is 230. The molecule has 2 N–H and O–H groups in total. The van der Waals surface area contributed by atoms with Crippen LogP contribution in [0.25, 0.3) is 0 Å². The quantitative estimate of drug-likeness (QED) is 0.609. The van der Waals surface area contributed by atoms with Crippen molar-refractivity contribution in [1.29, 1.82) is 0 Å². The fourth-order valence-electron chi connectivity index (χ4n) is 1.57. The Kier molecular flexibility index (Phi) is 5.92. The van der Waals surface area contributed by atoms with Gasteiger partial charge in [0.25, 0.3) is 0 Å². The van der Waals surface area contributed by atoms with E-state index >= 15 is 0 Å². The number of carboxylic acids is 1. The maximum Gasteiger partial charge on any atom is 0.323 e. The largest absolute Gasteiger partial charge is 0.480 e. The second-order valence-corrected chi connectivity index (χ2v) is 4.70. The Hall–Kier alpha value is -0.650. The molecule has 96 valence electrons. The van der Waals surface area contributed by atoms with Crippen molar-refractivity contribution in [3.05, 3.63) is 0 Å². The topological polar surface area (TPSA) is 67.8 Å². The number of methoxy groups -OCH3 is 2. The van der Waals surface area contributed by atoms with Gasteiger partial charge in [-0.2, -0.15) is 0 Å². The van der Waals surface area contributed by atoms with Crippen LogP contribution in [0.3, 0.4) is 0 Å². The summed E-state index contributed by atoms with van der Waals surface area (Å²) < 4.78 is 10.1. The summed E-state index contributed by atoms with van der Waals surface area (Å²) in [6, 6.07) is 0. The van der Waals surface area contributed by atoms with Crippen molar-refractivity contribution in [2.75, 3.05) is 27.4 Å². The third-order valence-electron chi connectivity index (χ3n) is 2.63. The summed E-state index contributed by atoms with van der Waals surface area (Å²) in [5.41, 5.74) is -1.48. The van der Waals surface area contributed by atoms with Gasteiger partial charge in [-0.3, -0.25) is 10.1 Å².